The molecule has 0 heterocycles. The Balaban J connectivity index is 2.41. The fourth-order valence-corrected chi connectivity index (χ4v) is 2.27. The summed E-state index contributed by atoms with van der Waals surface area (Å²) in [6.07, 6.45) is 3.57. The van der Waals surface area contributed by atoms with Crippen LogP contribution in [0.3, 0.4) is 0 Å². The van der Waals surface area contributed by atoms with E-state index in [4.69, 9.17) is 4.74 Å². The molecule has 1 aromatic carbocycles. The summed E-state index contributed by atoms with van der Waals surface area (Å²) in [5, 5.41) is 3.48. The lowest BCUT2D eigenvalue weighted by Crippen LogP contribution is -2.25. The minimum Gasteiger partial charge on any atom is -0.496 e. The van der Waals surface area contributed by atoms with Crippen LogP contribution in [0.15, 0.2) is 18.2 Å². The molecule has 108 valence electrons. The first-order valence-corrected chi connectivity index (χ1v) is 7.39. The first kappa shape index (κ1) is 16.0. The summed E-state index contributed by atoms with van der Waals surface area (Å²) in [5.41, 5.74) is 2.65. The van der Waals surface area contributed by atoms with Gasteiger partial charge < -0.3 is 10.1 Å². The molecule has 1 N–H and O–H groups in total. The van der Waals surface area contributed by atoms with Gasteiger partial charge in [0.15, 0.2) is 0 Å². The topological polar surface area (TPSA) is 21.3 Å². The molecule has 2 heteroatoms. The lowest BCUT2D eigenvalue weighted by atomic mass is 9.97. The van der Waals surface area contributed by atoms with Crippen LogP contribution in [0.4, 0.5) is 0 Å². The smallest absolute Gasteiger partial charge is 0.122 e. The van der Waals surface area contributed by atoms with Gasteiger partial charge in [-0.3, -0.25) is 0 Å². The second kappa shape index (κ2) is 8.21. The van der Waals surface area contributed by atoms with Gasteiger partial charge in [0.2, 0.25) is 0 Å². The van der Waals surface area contributed by atoms with Crippen LogP contribution in [0.1, 0.15) is 44.7 Å². The Hall–Kier alpha value is -1.02. The molecule has 0 spiro atoms. The van der Waals surface area contributed by atoms with Gasteiger partial charge in [0.25, 0.3) is 0 Å². The SMILES string of the molecule is COc1ccc(C)cc1CCC(C)CCNC(C)C. The molecule has 2 nitrogen and oxygen atoms in total. The first-order valence-electron chi connectivity index (χ1n) is 7.39. The quantitative estimate of drug-likeness (QED) is 0.766. The highest BCUT2D eigenvalue weighted by molar-refractivity contribution is 5.36. The molecule has 1 unspecified atom stereocenters. The van der Waals surface area contributed by atoms with Crippen molar-refractivity contribution in [2.75, 3.05) is 13.7 Å². The van der Waals surface area contributed by atoms with E-state index in [1.54, 1.807) is 7.11 Å². The predicted molar refractivity (Wildman–Crippen MR) is 83.0 cm³/mol. The molecule has 0 saturated carbocycles. The largest absolute Gasteiger partial charge is 0.496 e. The Labute approximate surface area is 118 Å². The summed E-state index contributed by atoms with van der Waals surface area (Å²) in [6, 6.07) is 7.02. The fourth-order valence-electron chi connectivity index (χ4n) is 2.27. The van der Waals surface area contributed by atoms with Gasteiger partial charge in [0.05, 0.1) is 7.11 Å². The van der Waals surface area contributed by atoms with E-state index >= 15 is 0 Å². The molecule has 0 fully saturated rings. The van der Waals surface area contributed by atoms with Crippen LogP contribution in [0.5, 0.6) is 5.75 Å². The molecule has 0 bridgehead atoms. The Kier molecular flexibility index (Phi) is 6.93. The lowest BCUT2D eigenvalue weighted by Gasteiger charge is -2.15. The molecule has 0 aliphatic rings. The number of aryl methyl sites for hydroxylation is 2. The Morgan fingerprint density at radius 2 is 1.89 bits per heavy atom. The van der Waals surface area contributed by atoms with E-state index in [0.29, 0.717) is 6.04 Å². The maximum atomic E-state index is 5.43. The normalized spacial score (nSPS) is 12.7. The summed E-state index contributed by atoms with van der Waals surface area (Å²) in [4.78, 5) is 0. The van der Waals surface area contributed by atoms with Gasteiger partial charge in [0.1, 0.15) is 5.75 Å². The highest BCUT2D eigenvalue weighted by Crippen LogP contribution is 2.23. The van der Waals surface area contributed by atoms with Crippen molar-refractivity contribution < 1.29 is 4.74 Å². The molecule has 0 radical (unpaired) electrons. The molecule has 1 atom stereocenters. The lowest BCUT2D eigenvalue weighted by molar-refractivity contribution is 0.404. The molecule has 0 aliphatic carbocycles. The van der Waals surface area contributed by atoms with Crippen molar-refractivity contribution in [2.45, 2.75) is 53.0 Å². The third kappa shape index (κ3) is 6.11. The van der Waals surface area contributed by atoms with Crippen LogP contribution in [0.25, 0.3) is 0 Å². The van der Waals surface area contributed by atoms with Crippen LogP contribution in [0, 0.1) is 12.8 Å². The maximum absolute atomic E-state index is 5.43. The molecule has 0 aromatic heterocycles. The van der Waals surface area contributed by atoms with Crippen LogP contribution < -0.4 is 10.1 Å². The number of hydrogen-bond donors (Lipinski definition) is 1. The van der Waals surface area contributed by atoms with Crippen LogP contribution in [-0.4, -0.2) is 19.7 Å². The van der Waals surface area contributed by atoms with Gasteiger partial charge in [-0.25, -0.2) is 0 Å². The third-order valence-corrected chi connectivity index (χ3v) is 3.53. The van der Waals surface area contributed by atoms with Crippen molar-refractivity contribution >= 4 is 0 Å². The Morgan fingerprint density at radius 3 is 2.53 bits per heavy atom. The molecule has 0 amide bonds. The van der Waals surface area contributed by atoms with Crippen LogP contribution in [0.2, 0.25) is 0 Å². The highest BCUT2D eigenvalue weighted by Gasteiger charge is 2.07. The molecular formula is C17H29NO. The summed E-state index contributed by atoms with van der Waals surface area (Å²) in [6.45, 7) is 9.98. The van der Waals surface area contributed by atoms with Crippen molar-refractivity contribution in [3.63, 3.8) is 0 Å². The zero-order valence-corrected chi connectivity index (χ0v) is 13.1. The minimum absolute atomic E-state index is 0.587. The highest BCUT2D eigenvalue weighted by atomic mass is 16.5. The molecule has 1 rings (SSSR count). The van der Waals surface area contributed by atoms with Crippen LogP contribution in [-0.2, 0) is 6.42 Å². The molecule has 0 saturated heterocycles. The van der Waals surface area contributed by atoms with E-state index in [9.17, 15) is 0 Å². The summed E-state index contributed by atoms with van der Waals surface area (Å²) in [5.74, 6) is 1.77. The zero-order chi connectivity index (χ0) is 14.3. The van der Waals surface area contributed by atoms with Crippen molar-refractivity contribution in [3.8, 4) is 5.75 Å². The Bertz CT molecular complexity index is 374. The van der Waals surface area contributed by atoms with Gasteiger partial charge in [-0.05, 0) is 50.3 Å². The summed E-state index contributed by atoms with van der Waals surface area (Å²) >= 11 is 0. The third-order valence-electron chi connectivity index (χ3n) is 3.53. The van der Waals surface area contributed by atoms with E-state index in [1.165, 1.54) is 24.0 Å². The van der Waals surface area contributed by atoms with E-state index in [-0.39, 0.29) is 0 Å². The number of methoxy groups -OCH3 is 1. The minimum atomic E-state index is 0.587. The number of benzene rings is 1. The van der Waals surface area contributed by atoms with Crippen LogP contribution >= 0.6 is 0 Å². The second-order valence-electron chi connectivity index (χ2n) is 5.86. The fraction of sp³-hybridized carbons (Fsp3) is 0.647. The monoisotopic (exact) mass is 263 g/mol. The van der Waals surface area contributed by atoms with E-state index in [2.05, 4.69) is 51.2 Å². The van der Waals surface area contributed by atoms with Crippen molar-refractivity contribution in [1.29, 1.82) is 0 Å². The van der Waals surface area contributed by atoms with E-state index < -0.39 is 0 Å². The van der Waals surface area contributed by atoms with Gasteiger partial charge >= 0.3 is 0 Å². The maximum Gasteiger partial charge on any atom is 0.122 e. The number of hydrogen-bond acceptors (Lipinski definition) is 2. The number of ether oxygens (including phenoxy) is 1. The van der Waals surface area contributed by atoms with E-state index in [1.807, 2.05) is 0 Å². The zero-order valence-electron chi connectivity index (χ0n) is 13.1. The van der Waals surface area contributed by atoms with Gasteiger partial charge in [-0.2, -0.15) is 0 Å². The van der Waals surface area contributed by atoms with Gasteiger partial charge in [0, 0.05) is 6.04 Å². The van der Waals surface area contributed by atoms with Crippen molar-refractivity contribution in [2.24, 2.45) is 5.92 Å². The molecule has 19 heavy (non-hydrogen) atoms. The van der Waals surface area contributed by atoms with Crippen molar-refractivity contribution in [3.05, 3.63) is 29.3 Å². The van der Waals surface area contributed by atoms with Gasteiger partial charge in [-0.15, -0.1) is 0 Å². The molecule has 1 aromatic rings. The Morgan fingerprint density at radius 1 is 1.16 bits per heavy atom. The molecular weight excluding hydrogens is 234 g/mol. The number of rotatable bonds is 8. The summed E-state index contributed by atoms with van der Waals surface area (Å²) < 4.78 is 5.43. The standard InChI is InChI=1S/C17H29NO/c1-13(2)18-11-10-14(3)6-8-16-12-15(4)7-9-17(16)19-5/h7,9,12-14,18H,6,8,10-11H2,1-5H3. The van der Waals surface area contributed by atoms with E-state index in [0.717, 1.165) is 24.6 Å². The summed E-state index contributed by atoms with van der Waals surface area (Å²) in [7, 11) is 1.75. The number of nitrogens with one attached hydrogen (secondary N) is 1. The first-order chi connectivity index (χ1) is 9.02. The van der Waals surface area contributed by atoms with Crippen molar-refractivity contribution in [1.82, 2.24) is 5.32 Å². The average molecular weight is 263 g/mol. The average Bonchev–Trinajstić information content (AvgIpc) is 2.36. The second-order valence-corrected chi connectivity index (χ2v) is 5.86. The predicted octanol–water partition coefficient (Wildman–Crippen LogP) is 3.96. The molecule has 0 aliphatic heterocycles. The van der Waals surface area contributed by atoms with Gasteiger partial charge in [-0.1, -0.05) is 38.5 Å².